The van der Waals surface area contributed by atoms with Gasteiger partial charge in [-0.2, -0.15) is 0 Å². The lowest BCUT2D eigenvalue weighted by atomic mass is 10.1. The maximum absolute atomic E-state index is 11.9. The SMILES string of the molecule is COC(=O)CCCN1C(=O)c2ccccc2C1=O. The monoisotopic (exact) mass is 247 g/mol. The number of benzene rings is 1. The minimum absolute atomic E-state index is 0.198. The molecule has 1 aliphatic heterocycles. The van der Waals surface area contributed by atoms with Crippen LogP contribution in [0, 0.1) is 0 Å². The van der Waals surface area contributed by atoms with E-state index < -0.39 is 0 Å². The van der Waals surface area contributed by atoms with Crippen molar-refractivity contribution in [2.75, 3.05) is 13.7 Å². The van der Waals surface area contributed by atoms with Gasteiger partial charge in [0.2, 0.25) is 0 Å². The molecule has 0 radical (unpaired) electrons. The summed E-state index contributed by atoms with van der Waals surface area (Å²) in [6.45, 7) is 0.238. The third kappa shape index (κ3) is 2.11. The van der Waals surface area contributed by atoms with E-state index in [4.69, 9.17) is 0 Å². The molecule has 1 heterocycles. The minimum Gasteiger partial charge on any atom is -0.469 e. The van der Waals surface area contributed by atoms with Crippen LogP contribution in [-0.2, 0) is 9.53 Å². The molecule has 94 valence electrons. The van der Waals surface area contributed by atoms with Gasteiger partial charge >= 0.3 is 5.97 Å². The second-order valence-corrected chi connectivity index (χ2v) is 3.99. The molecule has 0 bridgehead atoms. The van der Waals surface area contributed by atoms with Gasteiger partial charge in [-0.1, -0.05) is 12.1 Å². The van der Waals surface area contributed by atoms with Crippen molar-refractivity contribution in [2.45, 2.75) is 12.8 Å². The van der Waals surface area contributed by atoms with Gasteiger partial charge in [-0.05, 0) is 18.6 Å². The van der Waals surface area contributed by atoms with Crippen LogP contribution in [0.15, 0.2) is 24.3 Å². The standard InChI is InChI=1S/C13H13NO4/c1-18-11(15)7-4-8-14-12(16)9-5-2-3-6-10(9)13(14)17/h2-3,5-6H,4,7-8H2,1H3. The number of ether oxygens (including phenoxy) is 1. The Balaban J connectivity index is 2.03. The Morgan fingerprint density at radius 2 is 1.72 bits per heavy atom. The van der Waals surface area contributed by atoms with E-state index in [1.165, 1.54) is 12.0 Å². The summed E-state index contributed by atoms with van der Waals surface area (Å²) >= 11 is 0. The van der Waals surface area contributed by atoms with Gasteiger partial charge in [0.25, 0.3) is 11.8 Å². The Morgan fingerprint density at radius 3 is 2.22 bits per heavy atom. The number of carbonyl (C=O) groups excluding carboxylic acids is 3. The van der Waals surface area contributed by atoms with Crippen LogP contribution in [0.1, 0.15) is 33.6 Å². The highest BCUT2D eigenvalue weighted by Gasteiger charge is 2.34. The fourth-order valence-electron chi connectivity index (χ4n) is 1.93. The summed E-state index contributed by atoms with van der Waals surface area (Å²) in [5, 5.41) is 0. The summed E-state index contributed by atoms with van der Waals surface area (Å²) in [7, 11) is 1.31. The predicted molar refractivity (Wildman–Crippen MR) is 63.1 cm³/mol. The molecule has 0 fully saturated rings. The average molecular weight is 247 g/mol. The minimum atomic E-state index is -0.341. The van der Waals surface area contributed by atoms with Crippen LogP contribution in [-0.4, -0.2) is 36.3 Å². The number of methoxy groups -OCH3 is 1. The number of rotatable bonds is 4. The van der Waals surface area contributed by atoms with Crippen LogP contribution >= 0.6 is 0 Å². The molecular formula is C13H13NO4. The average Bonchev–Trinajstić information content (AvgIpc) is 2.64. The molecule has 2 rings (SSSR count). The van der Waals surface area contributed by atoms with Gasteiger partial charge < -0.3 is 4.74 Å². The van der Waals surface area contributed by atoms with Crippen LogP contribution in [0.5, 0.6) is 0 Å². The van der Waals surface area contributed by atoms with Crippen molar-refractivity contribution in [1.29, 1.82) is 0 Å². The number of hydrogen-bond donors (Lipinski definition) is 0. The van der Waals surface area contributed by atoms with Gasteiger partial charge in [-0.3, -0.25) is 19.3 Å². The molecule has 0 spiro atoms. The van der Waals surface area contributed by atoms with Gasteiger partial charge in [0.1, 0.15) is 0 Å². The molecule has 0 saturated heterocycles. The summed E-state index contributed by atoms with van der Waals surface area (Å²) in [6, 6.07) is 6.72. The number of esters is 1. The predicted octanol–water partition coefficient (Wildman–Crippen LogP) is 1.24. The van der Waals surface area contributed by atoms with E-state index in [2.05, 4.69) is 4.74 Å². The summed E-state index contributed by atoms with van der Waals surface area (Å²) in [5.41, 5.74) is 0.862. The van der Waals surface area contributed by atoms with Crippen molar-refractivity contribution in [3.63, 3.8) is 0 Å². The van der Waals surface area contributed by atoms with Crippen LogP contribution in [0.3, 0.4) is 0 Å². The van der Waals surface area contributed by atoms with Crippen LogP contribution in [0.25, 0.3) is 0 Å². The van der Waals surface area contributed by atoms with Crippen molar-refractivity contribution in [1.82, 2.24) is 4.90 Å². The quantitative estimate of drug-likeness (QED) is 0.593. The molecule has 2 amide bonds. The molecule has 5 nitrogen and oxygen atoms in total. The summed E-state index contributed by atoms with van der Waals surface area (Å²) in [6.07, 6.45) is 0.613. The van der Waals surface area contributed by atoms with Crippen molar-refractivity contribution < 1.29 is 19.1 Å². The molecule has 1 aromatic rings. The molecule has 0 N–H and O–H groups in total. The first-order chi connectivity index (χ1) is 8.65. The summed E-state index contributed by atoms with van der Waals surface area (Å²) in [4.78, 5) is 36.0. The number of amides is 2. The lowest BCUT2D eigenvalue weighted by Gasteiger charge is -2.12. The highest BCUT2D eigenvalue weighted by molar-refractivity contribution is 6.21. The molecule has 18 heavy (non-hydrogen) atoms. The zero-order valence-electron chi connectivity index (χ0n) is 10.0. The molecule has 1 aliphatic rings. The van der Waals surface area contributed by atoms with E-state index in [0.29, 0.717) is 17.5 Å². The Morgan fingerprint density at radius 1 is 1.17 bits per heavy atom. The van der Waals surface area contributed by atoms with Gasteiger partial charge in [-0.15, -0.1) is 0 Å². The van der Waals surface area contributed by atoms with Gasteiger partial charge in [0, 0.05) is 13.0 Å². The first-order valence-corrected chi connectivity index (χ1v) is 5.67. The maximum atomic E-state index is 11.9. The number of imide groups is 1. The number of nitrogens with zero attached hydrogens (tertiary/aromatic N) is 1. The molecule has 0 atom stereocenters. The van der Waals surface area contributed by atoms with Crippen LogP contribution in [0.4, 0.5) is 0 Å². The second kappa shape index (κ2) is 5.00. The summed E-state index contributed by atoms with van der Waals surface area (Å²) < 4.78 is 4.50. The normalized spacial score (nSPS) is 13.7. The van der Waals surface area contributed by atoms with E-state index in [1.807, 2.05) is 0 Å². The summed E-state index contributed by atoms with van der Waals surface area (Å²) in [5.74, 6) is -0.924. The topological polar surface area (TPSA) is 63.7 Å². The van der Waals surface area contributed by atoms with E-state index in [0.717, 1.165) is 0 Å². The fraction of sp³-hybridized carbons (Fsp3) is 0.308. The molecule has 0 aliphatic carbocycles. The molecule has 1 aromatic carbocycles. The van der Waals surface area contributed by atoms with Gasteiger partial charge in [0.05, 0.1) is 18.2 Å². The van der Waals surface area contributed by atoms with Crippen LogP contribution in [0.2, 0.25) is 0 Å². The highest BCUT2D eigenvalue weighted by Crippen LogP contribution is 2.22. The largest absolute Gasteiger partial charge is 0.469 e. The third-order valence-electron chi connectivity index (χ3n) is 2.87. The van der Waals surface area contributed by atoms with Crippen LogP contribution < -0.4 is 0 Å². The van der Waals surface area contributed by atoms with E-state index in [-0.39, 0.29) is 30.7 Å². The Kier molecular flexibility index (Phi) is 3.41. The first-order valence-electron chi connectivity index (χ1n) is 5.67. The molecular weight excluding hydrogens is 234 g/mol. The molecule has 5 heteroatoms. The Bertz CT molecular complexity index is 474. The number of hydrogen-bond acceptors (Lipinski definition) is 4. The number of carbonyl (C=O) groups is 3. The van der Waals surface area contributed by atoms with Crippen molar-refractivity contribution in [2.24, 2.45) is 0 Å². The smallest absolute Gasteiger partial charge is 0.305 e. The molecule has 0 unspecified atom stereocenters. The van der Waals surface area contributed by atoms with E-state index in [1.54, 1.807) is 24.3 Å². The zero-order valence-corrected chi connectivity index (χ0v) is 10.0. The van der Waals surface area contributed by atoms with Crippen molar-refractivity contribution >= 4 is 17.8 Å². The second-order valence-electron chi connectivity index (χ2n) is 3.99. The van der Waals surface area contributed by atoms with Gasteiger partial charge in [-0.25, -0.2) is 0 Å². The maximum Gasteiger partial charge on any atom is 0.305 e. The lowest BCUT2D eigenvalue weighted by Crippen LogP contribution is -2.31. The third-order valence-corrected chi connectivity index (χ3v) is 2.87. The zero-order chi connectivity index (χ0) is 13.1. The van der Waals surface area contributed by atoms with Crippen molar-refractivity contribution in [3.8, 4) is 0 Å². The number of fused-ring (bicyclic) bond motifs is 1. The van der Waals surface area contributed by atoms with E-state index in [9.17, 15) is 14.4 Å². The first kappa shape index (κ1) is 12.3. The molecule has 0 aromatic heterocycles. The highest BCUT2D eigenvalue weighted by atomic mass is 16.5. The van der Waals surface area contributed by atoms with E-state index >= 15 is 0 Å². The Hall–Kier alpha value is -2.17. The van der Waals surface area contributed by atoms with Gasteiger partial charge in [0.15, 0.2) is 0 Å². The Labute approximate surface area is 104 Å². The lowest BCUT2D eigenvalue weighted by molar-refractivity contribution is -0.140. The fourth-order valence-corrected chi connectivity index (χ4v) is 1.93. The molecule has 0 saturated carbocycles. The van der Waals surface area contributed by atoms with Crippen molar-refractivity contribution in [3.05, 3.63) is 35.4 Å².